The summed E-state index contributed by atoms with van der Waals surface area (Å²) < 4.78 is 6.49. The van der Waals surface area contributed by atoms with E-state index in [1.807, 2.05) is 6.07 Å². The van der Waals surface area contributed by atoms with Crippen molar-refractivity contribution in [2.45, 2.75) is 44.7 Å². The zero-order chi connectivity index (χ0) is 9.97. The molecule has 1 N–H and O–H groups in total. The molecule has 0 aromatic carbocycles. The Morgan fingerprint density at radius 2 is 2.21 bits per heavy atom. The van der Waals surface area contributed by atoms with Crippen LogP contribution >= 0.6 is 15.9 Å². The maximum Gasteiger partial charge on any atom is 0.134 e. The number of halogens is 1. The molecular formula is C11H16BrNO. The van der Waals surface area contributed by atoms with Gasteiger partial charge >= 0.3 is 0 Å². The molecule has 14 heavy (non-hydrogen) atoms. The summed E-state index contributed by atoms with van der Waals surface area (Å²) in [5.41, 5.74) is 0. The smallest absolute Gasteiger partial charge is 0.134 e. The third-order valence-electron chi connectivity index (χ3n) is 2.88. The van der Waals surface area contributed by atoms with Gasteiger partial charge in [0, 0.05) is 6.04 Å². The second-order valence-corrected chi connectivity index (χ2v) is 4.86. The molecular weight excluding hydrogens is 242 g/mol. The minimum Gasteiger partial charge on any atom is -0.466 e. The van der Waals surface area contributed by atoms with Crippen molar-refractivity contribution >= 4 is 15.9 Å². The first-order valence-electron chi connectivity index (χ1n) is 5.26. The van der Waals surface area contributed by atoms with Crippen LogP contribution in [0, 0.1) is 0 Å². The first-order valence-corrected chi connectivity index (χ1v) is 6.05. The molecule has 0 radical (unpaired) electrons. The number of hydrogen-bond donors (Lipinski definition) is 1. The summed E-state index contributed by atoms with van der Waals surface area (Å²) in [5, 5.41) is 3.60. The molecule has 0 saturated heterocycles. The Hall–Kier alpha value is -0.280. The molecule has 0 amide bonds. The molecule has 1 aromatic heterocycles. The lowest BCUT2D eigenvalue weighted by Crippen LogP contribution is -2.28. The summed E-state index contributed by atoms with van der Waals surface area (Å²) in [6, 6.07) is 2.94. The first-order chi connectivity index (χ1) is 6.77. The van der Waals surface area contributed by atoms with Crippen LogP contribution in [-0.2, 0) is 0 Å². The predicted octanol–water partition coefficient (Wildman–Crippen LogP) is 3.64. The van der Waals surface area contributed by atoms with E-state index < -0.39 is 0 Å². The molecule has 1 aliphatic carbocycles. The van der Waals surface area contributed by atoms with E-state index >= 15 is 0 Å². The third kappa shape index (κ3) is 2.20. The molecule has 1 saturated carbocycles. The van der Waals surface area contributed by atoms with Crippen molar-refractivity contribution in [2.24, 2.45) is 0 Å². The zero-order valence-corrected chi connectivity index (χ0v) is 10.0. The van der Waals surface area contributed by atoms with Crippen molar-refractivity contribution in [3.63, 3.8) is 0 Å². The average Bonchev–Trinajstić information content (AvgIpc) is 2.75. The molecule has 78 valence electrons. The van der Waals surface area contributed by atoms with Crippen LogP contribution in [0.15, 0.2) is 21.2 Å². The van der Waals surface area contributed by atoms with Crippen LogP contribution in [0.4, 0.5) is 0 Å². The summed E-state index contributed by atoms with van der Waals surface area (Å²) in [5.74, 6) is 1.01. The quantitative estimate of drug-likeness (QED) is 0.895. The summed E-state index contributed by atoms with van der Waals surface area (Å²) in [4.78, 5) is 0. The molecule has 1 aliphatic rings. The highest BCUT2D eigenvalue weighted by atomic mass is 79.9. The Morgan fingerprint density at radius 3 is 2.79 bits per heavy atom. The lowest BCUT2D eigenvalue weighted by Gasteiger charge is -2.17. The Kier molecular flexibility index (Phi) is 3.29. The van der Waals surface area contributed by atoms with Gasteiger partial charge in [0.15, 0.2) is 0 Å². The van der Waals surface area contributed by atoms with E-state index in [9.17, 15) is 0 Å². The van der Waals surface area contributed by atoms with E-state index in [1.54, 1.807) is 6.26 Å². The van der Waals surface area contributed by atoms with Crippen LogP contribution in [-0.4, -0.2) is 6.04 Å². The molecule has 2 nitrogen and oxygen atoms in total. The molecule has 1 atom stereocenters. The molecule has 1 aromatic rings. The topological polar surface area (TPSA) is 25.2 Å². The Morgan fingerprint density at radius 1 is 1.50 bits per heavy atom. The molecule has 1 fully saturated rings. The van der Waals surface area contributed by atoms with Crippen molar-refractivity contribution in [1.82, 2.24) is 5.32 Å². The van der Waals surface area contributed by atoms with Gasteiger partial charge in [0.1, 0.15) is 5.76 Å². The van der Waals surface area contributed by atoms with Crippen molar-refractivity contribution in [2.75, 3.05) is 0 Å². The highest BCUT2D eigenvalue weighted by Crippen LogP contribution is 2.27. The monoisotopic (exact) mass is 257 g/mol. The van der Waals surface area contributed by atoms with Gasteiger partial charge in [-0.25, -0.2) is 0 Å². The van der Waals surface area contributed by atoms with Crippen molar-refractivity contribution in [1.29, 1.82) is 0 Å². The van der Waals surface area contributed by atoms with Crippen LogP contribution in [0.2, 0.25) is 0 Å². The summed E-state index contributed by atoms with van der Waals surface area (Å²) in [7, 11) is 0. The Labute approximate surface area is 93.2 Å². The molecule has 3 heteroatoms. The third-order valence-corrected chi connectivity index (χ3v) is 3.53. The van der Waals surface area contributed by atoms with Crippen molar-refractivity contribution in [3.05, 3.63) is 22.6 Å². The van der Waals surface area contributed by atoms with Gasteiger partial charge in [-0.3, -0.25) is 0 Å². The summed E-state index contributed by atoms with van der Waals surface area (Å²) in [6.45, 7) is 2.15. The van der Waals surface area contributed by atoms with E-state index in [-0.39, 0.29) is 0 Å². The number of furan rings is 1. The van der Waals surface area contributed by atoms with Crippen LogP contribution < -0.4 is 5.32 Å². The fraction of sp³-hybridized carbons (Fsp3) is 0.636. The van der Waals surface area contributed by atoms with Gasteiger partial charge in [-0.1, -0.05) is 12.8 Å². The Balaban J connectivity index is 1.95. The van der Waals surface area contributed by atoms with Crippen molar-refractivity contribution in [3.8, 4) is 0 Å². The van der Waals surface area contributed by atoms with Crippen LogP contribution in [0.25, 0.3) is 0 Å². The first kappa shape index (κ1) is 10.2. The molecule has 0 aliphatic heterocycles. The fourth-order valence-corrected chi connectivity index (χ4v) is 2.68. The van der Waals surface area contributed by atoms with Crippen LogP contribution in [0.5, 0.6) is 0 Å². The van der Waals surface area contributed by atoms with Gasteiger partial charge < -0.3 is 9.73 Å². The fourth-order valence-electron chi connectivity index (χ4n) is 2.14. The largest absolute Gasteiger partial charge is 0.466 e. The maximum atomic E-state index is 5.43. The Bertz CT molecular complexity index is 291. The molecule has 0 spiro atoms. The minimum atomic E-state index is 0.308. The van der Waals surface area contributed by atoms with E-state index in [1.165, 1.54) is 25.7 Å². The standard InChI is InChI=1S/C11H16BrNO/c1-8(11-10(12)6-7-14-11)13-9-4-2-3-5-9/h6-9,13H,2-5H2,1H3. The number of hydrogen-bond acceptors (Lipinski definition) is 2. The second kappa shape index (κ2) is 4.49. The maximum absolute atomic E-state index is 5.43. The normalized spacial score (nSPS) is 20.1. The average molecular weight is 258 g/mol. The van der Waals surface area contributed by atoms with E-state index in [2.05, 4.69) is 28.2 Å². The van der Waals surface area contributed by atoms with Gasteiger partial charge in [0.25, 0.3) is 0 Å². The van der Waals surface area contributed by atoms with Gasteiger partial charge in [-0.05, 0) is 41.8 Å². The van der Waals surface area contributed by atoms with Crippen LogP contribution in [0.3, 0.4) is 0 Å². The van der Waals surface area contributed by atoms with Gasteiger partial charge in [-0.2, -0.15) is 0 Å². The van der Waals surface area contributed by atoms with Crippen molar-refractivity contribution < 1.29 is 4.42 Å². The van der Waals surface area contributed by atoms with Gasteiger partial charge in [-0.15, -0.1) is 0 Å². The highest BCUT2D eigenvalue weighted by molar-refractivity contribution is 9.10. The van der Waals surface area contributed by atoms with E-state index in [4.69, 9.17) is 4.42 Å². The lowest BCUT2D eigenvalue weighted by atomic mass is 10.2. The molecule has 1 heterocycles. The molecule has 0 bridgehead atoms. The van der Waals surface area contributed by atoms with E-state index in [0.717, 1.165) is 10.2 Å². The van der Waals surface area contributed by atoms with Gasteiger partial charge in [0.2, 0.25) is 0 Å². The predicted molar refractivity (Wildman–Crippen MR) is 60.2 cm³/mol. The zero-order valence-electron chi connectivity index (χ0n) is 8.42. The SMILES string of the molecule is CC(NC1CCCC1)c1occc1Br. The number of nitrogens with one attached hydrogen (secondary N) is 1. The van der Waals surface area contributed by atoms with Crippen LogP contribution in [0.1, 0.15) is 44.4 Å². The number of rotatable bonds is 3. The van der Waals surface area contributed by atoms with E-state index in [0.29, 0.717) is 12.1 Å². The lowest BCUT2D eigenvalue weighted by molar-refractivity contribution is 0.388. The highest BCUT2D eigenvalue weighted by Gasteiger charge is 2.20. The summed E-state index contributed by atoms with van der Waals surface area (Å²) in [6.07, 6.45) is 7.07. The molecule has 1 unspecified atom stereocenters. The van der Waals surface area contributed by atoms with Gasteiger partial charge in [0.05, 0.1) is 16.8 Å². The minimum absolute atomic E-state index is 0.308. The molecule has 2 rings (SSSR count). The summed E-state index contributed by atoms with van der Waals surface area (Å²) >= 11 is 3.48. The second-order valence-electron chi connectivity index (χ2n) is 4.00.